The summed E-state index contributed by atoms with van der Waals surface area (Å²) < 4.78 is 14.2. The normalized spacial score (nSPS) is 17.5. The van der Waals surface area contributed by atoms with Gasteiger partial charge in [-0.25, -0.2) is 4.90 Å². The van der Waals surface area contributed by atoms with E-state index in [1.54, 1.807) is 0 Å². The average molecular weight is 341 g/mol. The lowest BCUT2D eigenvalue weighted by Gasteiger charge is -2.37. The molecule has 3 unspecified atom stereocenters. The molecule has 0 spiro atoms. The highest BCUT2D eigenvalue weighted by molar-refractivity contribution is 7.39. The van der Waals surface area contributed by atoms with Gasteiger partial charge in [0.05, 0.1) is 0 Å². The molecule has 0 saturated heterocycles. The molecule has 0 fully saturated rings. The molecule has 0 heterocycles. The third-order valence-electron chi connectivity index (χ3n) is 2.00. The van der Waals surface area contributed by atoms with E-state index in [0.29, 0.717) is 0 Å². The number of hydrogen-bond donors (Lipinski definition) is 6. The summed E-state index contributed by atoms with van der Waals surface area (Å²) in [5.41, 5.74) is 0. The highest BCUT2D eigenvalue weighted by Crippen LogP contribution is 2.36. The maximum Gasteiger partial charge on any atom is 0.328 e. The van der Waals surface area contributed by atoms with Gasteiger partial charge in [0.1, 0.15) is 18.7 Å². The van der Waals surface area contributed by atoms with Gasteiger partial charge in [-0.05, 0) is 20.8 Å². The molecule has 0 saturated carbocycles. The van der Waals surface area contributed by atoms with Gasteiger partial charge < -0.3 is 29.4 Å². The summed E-state index contributed by atoms with van der Waals surface area (Å²) in [5, 5.41) is 0. The molecule has 0 radical (unpaired) electrons. The topological polar surface area (TPSA) is 152 Å². The Kier molecular flexibility index (Phi) is 10.2. The molecule has 10 nitrogen and oxygen atoms in total. The largest absolute Gasteiger partial charge is 0.328 e. The minimum Gasteiger partial charge on any atom is -0.328 e. The van der Waals surface area contributed by atoms with Crippen LogP contribution in [0, 0.1) is 0 Å². The van der Waals surface area contributed by atoms with Gasteiger partial charge in [0, 0.05) is 0 Å². The second kappa shape index (κ2) is 9.76. The molecule has 116 valence electrons. The molecule has 0 aromatic heterocycles. The highest BCUT2D eigenvalue weighted by atomic mass is 31.2. The van der Waals surface area contributed by atoms with Crippen LogP contribution in [0.2, 0.25) is 0 Å². The van der Waals surface area contributed by atoms with Crippen molar-refractivity contribution in [2.24, 2.45) is 0 Å². The first-order valence-corrected chi connectivity index (χ1v) is 8.46. The van der Waals surface area contributed by atoms with Gasteiger partial charge in [0.25, 0.3) is 0 Å². The van der Waals surface area contributed by atoms with Crippen molar-refractivity contribution in [3.05, 3.63) is 0 Å². The molecule has 19 heavy (non-hydrogen) atoms. The fourth-order valence-corrected chi connectivity index (χ4v) is 2.60. The van der Waals surface area contributed by atoms with Crippen LogP contribution in [0.15, 0.2) is 0 Å². The van der Waals surface area contributed by atoms with Gasteiger partial charge in [-0.15, -0.1) is 0 Å². The molecule has 13 heteroatoms. The van der Waals surface area contributed by atoms with Crippen molar-refractivity contribution in [1.29, 1.82) is 0 Å². The van der Waals surface area contributed by atoms with Gasteiger partial charge in [-0.1, -0.05) is 0 Å². The third kappa shape index (κ3) is 8.70. The first-order valence-electron chi connectivity index (χ1n) is 4.96. The molecular formula is C6H18NO9P3. The van der Waals surface area contributed by atoms with Crippen molar-refractivity contribution >= 4 is 25.8 Å². The summed E-state index contributed by atoms with van der Waals surface area (Å²) >= 11 is 0. The Labute approximate surface area is 114 Å². The van der Waals surface area contributed by atoms with Gasteiger partial charge in [-0.2, -0.15) is 0 Å². The van der Waals surface area contributed by atoms with E-state index in [0.717, 1.165) is 0 Å². The van der Waals surface area contributed by atoms with Crippen molar-refractivity contribution in [2.75, 3.05) is 0 Å². The maximum atomic E-state index is 8.80. The van der Waals surface area contributed by atoms with E-state index in [9.17, 15) is 0 Å². The van der Waals surface area contributed by atoms with E-state index < -0.39 is 44.5 Å². The van der Waals surface area contributed by atoms with E-state index in [2.05, 4.69) is 0 Å². The average Bonchev–Trinajstić information content (AvgIpc) is 2.12. The summed E-state index contributed by atoms with van der Waals surface area (Å²) in [5.74, 6) is 0. The summed E-state index contributed by atoms with van der Waals surface area (Å²) in [7, 11) is -7.96. The standard InChI is InChI=1S/C6H18NO9P3/c1-4(14-17(8)9)7(5(2)15-18(10)11)6(3)16-19(12)13/h4-6,8-13H,1-3H3. The fraction of sp³-hybridized carbons (Fsp3) is 1.00. The number of nitrogens with zero attached hydrogens (tertiary/aromatic N) is 1. The molecule has 0 rings (SSSR count). The molecule has 3 atom stereocenters. The molecule has 0 aliphatic rings. The van der Waals surface area contributed by atoms with E-state index >= 15 is 0 Å². The van der Waals surface area contributed by atoms with Crippen molar-refractivity contribution in [1.82, 2.24) is 4.90 Å². The molecule has 0 amide bonds. The first-order chi connectivity index (χ1) is 8.65. The quantitative estimate of drug-likeness (QED) is 0.250. The summed E-state index contributed by atoms with van der Waals surface area (Å²) in [6.07, 6.45) is -2.84. The lowest BCUT2D eigenvalue weighted by Crippen LogP contribution is -2.48. The molecule has 0 aliphatic carbocycles. The van der Waals surface area contributed by atoms with Crippen LogP contribution in [0.1, 0.15) is 20.8 Å². The van der Waals surface area contributed by atoms with Crippen molar-refractivity contribution in [3.8, 4) is 0 Å². The summed E-state index contributed by atoms with van der Waals surface area (Å²) in [4.78, 5) is 54.0. The van der Waals surface area contributed by atoms with Crippen molar-refractivity contribution in [3.63, 3.8) is 0 Å². The second-order valence-electron chi connectivity index (χ2n) is 3.32. The number of hydrogen-bond acceptors (Lipinski definition) is 10. The predicted molar refractivity (Wildman–Crippen MR) is 67.6 cm³/mol. The summed E-state index contributed by atoms with van der Waals surface area (Å²) in [6.45, 7) is 4.28. The molecule has 6 N–H and O–H groups in total. The van der Waals surface area contributed by atoms with Crippen molar-refractivity contribution in [2.45, 2.75) is 39.5 Å². The second-order valence-corrected chi connectivity index (χ2v) is 5.47. The Bertz CT molecular complexity index is 208. The third-order valence-corrected chi connectivity index (χ3v) is 3.48. The Hall–Kier alpha value is 0.890. The van der Waals surface area contributed by atoms with Crippen LogP contribution in [0.4, 0.5) is 0 Å². The van der Waals surface area contributed by atoms with E-state index in [1.807, 2.05) is 0 Å². The van der Waals surface area contributed by atoms with E-state index in [1.165, 1.54) is 25.7 Å². The van der Waals surface area contributed by atoms with Crippen LogP contribution in [-0.2, 0) is 13.6 Å². The Morgan fingerprint density at radius 1 is 0.632 bits per heavy atom. The zero-order valence-electron chi connectivity index (χ0n) is 10.4. The molecular weight excluding hydrogens is 323 g/mol. The van der Waals surface area contributed by atoms with Gasteiger partial charge in [0.15, 0.2) is 0 Å². The fourth-order valence-electron chi connectivity index (χ4n) is 1.46. The maximum absolute atomic E-state index is 8.80. The molecule has 0 aromatic carbocycles. The number of rotatable bonds is 9. The van der Waals surface area contributed by atoms with Crippen LogP contribution in [-0.4, -0.2) is 52.9 Å². The van der Waals surface area contributed by atoms with Crippen LogP contribution in [0.25, 0.3) is 0 Å². The molecule has 0 bridgehead atoms. The SMILES string of the molecule is CC(OP(O)O)N(C(C)OP(O)O)C(C)OP(O)O. The van der Waals surface area contributed by atoms with Gasteiger partial charge >= 0.3 is 25.8 Å². The predicted octanol–water partition coefficient (Wildman–Crippen LogP) is 0.0107. The van der Waals surface area contributed by atoms with Crippen molar-refractivity contribution < 1.29 is 42.9 Å². The zero-order chi connectivity index (χ0) is 15.2. The minimum absolute atomic E-state index is 0.948. The first kappa shape index (κ1) is 19.9. The van der Waals surface area contributed by atoms with Crippen LogP contribution in [0.3, 0.4) is 0 Å². The lowest BCUT2D eigenvalue weighted by atomic mass is 10.4. The Morgan fingerprint density at radius 2 is 0.842 bits per heavy atom. The minimum atomic E-state index is -2.65. The summed E-state index contributed by atoms with van der Waals surface area (Å²) in [6, 6.07) is 0. The highest BCUT2D eigenvalue weighted by Gasteiger charge is 2.31. The zero-order valence-corrected chi connectivity index (χ0v) is 13.1. The van der Waals surface area contributed by atoms with Gasteiger partial charge in [0.2, 0.25) is 0 Å². The Morgan fingerprint density at radius 3 is 1.00 bits per heavy atom. The lowest BCUT2D eigenvalue weighted by molar-refractivity contribution is -0.138. The van der Waals surface area contributed by atoms with Crippen LogP contribution < -0.4 is 0 Å². The molecule has 0 aromatic rings. The van der Waals surface area contributed by atoms with Crippen LogP contribution >= 0.6 is 25.8 Å². The van der Waals surface area contributed by atoms with Crippen LogP contribution in [0.5, 0.6) is 0 Å². The van der Waals surface area contributed by atoms with E-state index in [4.69, 9.17) is 42.9 Å². The Balaban J connectivity index is 4.79. The van der Waals surface area contributed by atoms with E-state index in [-0.39, 0.29) is 0 Å². The monoisotopic (exact) mass is 341 g/mol. The molecule has 0 aliphatic heterocycles. The van der Waals surface area contributed by atoms with Gasteiger partial charge in [-0.3, -0.25) is 13.6 Å². The smallest absolute Gasteiger partial charge is 0.328 e.